The smallest absolute Gasteiger partial charge is 0.311 e. The summed E-state index contributed by atoms with van der Waals surface area (Å²) >= 11 is 0. The maximum Gasteiger partial charge on any atom is 0.311 e. The Labute approximate surface area is 284 Å². The number of benzene rings is 2. The van der Waals surface area contributed by atoms with Crippen LogP contribution >= 0.6 is 0 Å². The molecule has 0 N–H and O–H groups in total. The minimum atomic E-state index is -0.440. The summed E-state index contributed by atoms with van der Waals surface area (Å²) in [5.41, 5.74) is 10.7. The maximum absolute atomic E-state index is 13.2. The van der Waals surface area contributed by atoms with Gasteiger partial charge < -0.3 is 9.47 Å². The summed E-state index contributed by atoms with van der Waals surface area (Å²) in [4.78, 5) is 26.5. The van der Waals surface area contributed by atoms with Crippen molar-refractivity contribution in [3.63, 3.8) is 0 Å². The molecule has 0 amide bonds. The average molecular weight is 641 g/mol. The lowest BCUT2D eigenvalue weighted by Gasteiger charge is -2.54. The van der Waals surface area contributed by atoms with E-state index in [0.29, 0.717) is 11.8 Å². The maximum atomic E-state index is 13.2. The van der Waals surface area contributed by atoms with Crippen LogP contribution in [-0.2, 0) is 49.2 Å². The highest BCUT2D eigenvalue weighted by Gasteiger charge is 2.57. The van der Waals surface area contributed by atoms with Crippen LogP contribution in [0, 0.1) is 22.7 Å². The van der Waals surface area contributed by atoms with Crippen molar-refractivity contribution < 1.29 is 19.1 Å². The molecule has 2 saturated carbocycles. The van der Waals surface area contributed by atoms with Crippen LogP contribution in [-0.4, -0.2) is 26.2 Å². The van der Waals surface area contributed by atoms with Gasteiger partial charge in [0.15, 0.2) is 0 Å². The molecule has 4 heteroatoms. The molecule has 6 unspecified atom stereocenters. The van der Waals surface area contributed by atoms with Gasteiger partial charge in [-0.2, -0.15) is 0 Å². The van der Waals surface area contributed by atoms with Gasteiger partial charge in [0, 0.05) is 0 Å². The standard InChI is InChI=1S/C43H60O4/c1-26(2)32-22-28-13-15-36-40(5,17-11-19-42(36,7)38(44)46-9)34(28)24-30(32)21-31-25-35-29(23-33(31)27(3)4)14-16-37-41(35,6)18-12-20-43(37,8)39(45)47-10/h22-27,36-37H,11-21H2,1-10H3. The number of aryl methyl sites for hydroxylation is 2. The van der Waals surface area contributed by atoms with Gasteiger partial charge in [-0.25, -0.2) is 0 Å². The predicted octanol–water partition coefficient (Wildman–Crippen LogP) is 9.89. The van der Waals surface area contributed by atoms with Crippen molar-refractivity contribution in [2.45, 2.75) is 149 Å². The summed E-state index contributed by atoms with van der Waals surface area (Å²) in [7, 11) is 3.11. The molecule has 256 valence electrons. The van der Waals surface area contributed by atoms with Crippen molar-refractivity contribution in [3.05, 3.63) is 68.8 Å². The van der Waals surface area contributed by atoms with Crippen molar-refractivity contribution >= 4 is 11.9 Å². The monoisotopic (exact) mass is 640 g/mol. The van der Waals surface area contributed by atoms with Gasteiger partial charge in [0.25, 0.3) is 0 Å². The fourth-order valence-corrected chi connectivity index (χ4v) is 11.7. The van der Waals surface area contributed by atoms with Crippen LogP contribution in [0.4, 0.5) is 0 Å². The number of methoxy groups -OCH3 is 2. The summed E-state index contributed by atoms with van der Waals surface area (Å²) in [6.45, 7) is 18.6. The van der Waals surface area contributed by atoms with Gasteiger partial charge in [-0.05, 0) is 151 Å². The highest BCUT2D eigenvalue weighted by Crippen LogP contribution is 2.60. The minimum absolute atomic E-state index is 0.0376. The van der Waals surface area contributed by atoms with Crippen molar-refractivity contribution in [3.8, 4) is 0 Å². The van der Waals surface area contributed by atoms with E-state index in [2.05, 4.69) is 79.7 Å². The largest absolute Gasteiger partial charge is 0.469 e. The molecule has 4 nitrogen and oxygen atoms in total. The molecule has 4 aliphatic carbocycles. The van der Waals surface area contributed by atoms with Crippen LogP contribution < -0.4 is 0 Å². The molecule has 0 bridgehead atoms. The van der Waals surface area contributed by atoms with Gasteiger partial charge in [-0.3, -0.25) is 9.59 Å². The second kappa shape index (κ2) is 12.1. The minimum Gasteiger partial charge on any atom is -0.469 e. The third kappa shape index (κ3) is 5.21. The number of ether oxygens (including phenoxy) is 2. The van der Waals surface area contributed by atoms with Crippen LogP contribution in [0.2, 0.25) is 0 Å². The van der Waals surface area contributed by atoms with Gasteiger partial charge in [0.1, 0.15) is 0 Å². The van der Waals surface area contributed by atoms with E-state index in [9.17, 15) is 9.59 Å². The zero-order chi connectivity index (χ0) is 34.1. The van der Waals surface area contributed by atoms with E-state index in [1.54, 1.807) is 14.2 Å². The highest BCUT2D eigenvalue weighted by atomic mass is 16.5. The Bertz CT molecular complexity index is 1450. The van der Waals surface area contributed by atoms with Crippen molar-refractivity contribution in [2.75, 3.05) is 14.2 Å². The number of carbonyl (C=O) groups is 2. The van der Waals surface area contributed by atoms with Gasteiger partial charge in [-0.15, -0.1) is 0 Å². The Hall–Kier alpha value is -2.62. The second-order valence-corrected chi connectivity index (χ2v) is 17.4. The van der Waals surface area contributed by atoms with E-state index in [1.807, 2.05) is 0 Å². The molecule has 0 aromatic heterocycles. The first-order valence-electron chi connectivity index (χ1n) is 18.6. The first-order valence-corrected chi connectivity index (χ1v) is 18.6. The van der Waals surface area contributed by atoms with Gasteiger partial charge in [0.05, 0.1) is 25.0 Å². The molecule has 2 fully saturated rings. The molecule has 0 heterocycles. The molecule has 0 aliphatic heterocycles. The Kier molecular flexibility index (Phi) is 8.79. The first-order chi connectivity index (χ1) is 22.1. The van der Waals surface area contributed by atoms with E-state index in [1.165, 1.54) is 44.5 Å². The fourth-order valence-electron chi connectivity index (χ4n) is 11.7. The summed E-state index contributed by atoms with van der Waals surface area (Å²) in [5, 5.41) is 0. The molecule has 2 aromatic rings. The van der Waals surface area contributed by atoms with Crippen LogP contribution in [0.25, 0.3) is 0 Å². The van der Waals surface area contributed by atoms with E-state index >= 15 is 0 Å². The number of hydrogen-bond donors (Lipinski definition) is 0. The van der Waals surface area contributed by atoms with Gasteiger partial charge in [-0.1, -0.05) is 78.6 Å². The second-order valence-electron chi connectivity index (χ2n) is 17.4. The summed E-state index contributed by atoms with van der Waals surface area (Å²) in [5.74, 6) is 1.34. The lowest BCUT2D eigenvalue weighted by molar-refractivity contribution is -0.162. The zero-order valence-electron chi connectivity index (χ0n) is 31.0. The van der Waals surface area contributed by atoms with Gasteiger partial charge in [0.2, 0.25) is 0 Å². The molecule has 47 heavy (non-hydrogen) atoms. The summed E-state index contributed by atoms with van der Waals surface area (Å²) < 4.78 is 10.8. The molecular formula is C43H60O4. The van der Waals surface area contributed by atoms with Crippen LogP contribution in [0.15, 0.2) is 24.3 Å². The van der Waals surface area contributed by atoms with E-state index < -0.39 is 10.8 Å². The third-order valence-corrected chi connectivity index (χ3v) is 14.2. The molecule has 0 radical (unpaired) electrons. The Balaban J connectivity index is 1.47. The number of fused-ring (bicyclic) bond motifs is 6. The van der Waals surface area contributed by atoms with Gasteiger partial charge >= 0.3 is 11.9 Å². The number of carbonyl (C=O) groups excluding carboxylic acids is 2. The molecule has 0 saturated heterocycles. The van der Waals surface area contributed by atoms with E-state index in [4.69, 9.17) is 9.47 Å². The zero-order valence-corrected chi connectivity index (χ0v) is 31.0. The van der Waals surface area contributed by atoms with E-state index in [0.717, 1.165) is 70.6 Å². The van der Waals surface area contributed by atoms with Crippen molar-refractivity contribution in [2.24, 2.45) is 22.7 Å². The number of hydrogen-bond acceptors (Lipinski definition) is 4. The first kappa shape index (κ1) is 34.3. The topological polar surface area (TPSA) is 52.6 Å². The number of rotatable bonds is 6. The lowest BCUT2D eigenvalue weighted by atomic mass is 9.49. The molecule has 6 rings (SSSR count). The lowest BCUT2D eigenvalue weighted by Crippen LogP contribution is -2.52. The molecule has 4 aliphatic rings. The molecule has 0 spiro atoms. The Morgan fingerprint density at radius 3 is 1.38 bits per heavy atom. The summed E-state index contributed by atoms with van der Waals surface area (Å²) in [6.07, 6.45) is 11.2. The van der Waals surface area contributed by atoms with Crippen LogP contribution in [0.5, 0.6) is 0 Å². The quantitative estimate of drug-likeness (QED) is 0.295. The van der Waals surface area contributed by atoms with Crippen LogP contribution in [0.3, 0.4) is 0 Å². The van der Waals surface area contributed by atoms with E-state index in [-0.39, 0.29) is 34.6 Å². The third-order valence-electron chi connectivity index (χ3n) is 14.2. The van der Waals surface area contributed by atoms with Crippen molar-refractivity contribution in [1.82, 2.24) is 0 Å². The highest BCUT2D eigenvalue weighted by molar-refractivity contribution is 5.78. The fraction of sp³-hybridized carbons (Fsp3) is 0.674. The Morgan fingerprint density at radius 1 is 0.660 bits per heavy atom. The SMILES string of the molecule is COC(=O)C1(C)CCCC2(C)c3cc(Cc4cc5c(cc4C(C)C)CCC4C(C)(C(=O)OC)CCCC54C)c(C(C)C)cc3CCC12. The normalized spacial score (nSPS) is 33.0. The number of esters is 2. The Morgan fingerprint density at radius 2 is 1.04 bits per heavy atom. The predicted molar refractivity (Wildman–Crippen MR) is 190 cm³/mol. The van der Waals surface area contributed by atoms with Crippen molar-refractivity contribution in [1.29, 1.82) is 0 Å². The summed E-state index contributed by atoms with van der Waals surface area (Å²) in [6, 6.07) is 10.2. The molecular weight excluding hydrogens is 580 g/mol. The molecule has 2 aromatic carbocycles. The average Bonchev–Trinajstić information content (AvgIpc) is 3.03. The molecule has 6 atom stereocenters. The van der Waals surface area contributed by atoms with Crippen LogP contribution in [0.1, 0.15) is 163 Å².